The van der Waals surface area contributed by atoms with Gasteiger partial charge in [-0.3, -0.25) is 10.00 Å². The Morgan fingerprint density at radius 2 is 2.07 bits per heavy atom. The molecule has 8 heteroatoms. The average molecular weight is 383 g/mol. The number of likely N-dealkylation sites (tertiary alicyclic amines) is 1. The molecule has 1 saturated heterocycles. The summed E-state index contributed by atoms with van der Waals surface area (Å²) in [5, 5.41) is 16.7. The van der Waals surface area contributed by atoms with Crippen molar-refractivity contribution in [3.05, 3.63) is 47.8 Å². The van der Waals surface area contributed by atoms with E-state index < -0.39 is 0 Å². The number of hydrogen-bond acceptors (Lipinski definition) is 5. The van der Waals surface area contributed by atoms with Crippen molar-refractivity contribution in [2.45, 2.75) is 58.0 Å². The summed E-state index contributed by atoms with van der Waals surface area (Å²) in [6.07, 6.45) is 7.88. The van der Waals surface area contributed by atoms with Crippen LogP contribution < -0.4 is 0 Å². The first-order chi connectivity index (χ1) is 13.4. The van der Waals surface area contributed by atoms with Gasteiger partial charge in [0.05, 0.1) is 18.6 Å². The Hall–Kier alpha value is -2.48. The summed E-state index contributed by atoms with van der Waals surface area (Å²) >= 11 is 0. The highest BCUT2D eigenvalue weighted by Gasteiger charge is 2.27. The average Bonchev–Trinajstić information content (AvgIpc) is 3.38. The number of piperidine rings is 1. The van der Waals surface area contributed by atoms with Gasteiger partial charge in [0.2, 0.25) is 0 Å². The Kier molecular flexibility index (Phi) is 5.05. The molecule has 0 saturated carbocycles. The minimum Gasteiger partial charge on any atom is -0.330 e. The van der Waals surface area contributed by atoms with Gasteiger partial charge < -0.3 is 9.13 Å². The van der Waals surface area contributed by atoms with Gasteiger partial charge in [-0.2, -0.15) is 5.10 Å². The number of nitrogens with one attached hydrogen (secondary N) is 1. The van der Waals surface area contributed by atoms with Gasteiger partial charge in [-0.05, 0) is 25.5 Å². The van der Waals surface area contributed by atoms with Gasteiger partial charge >= 0.3 is 0 Å². The van der Waals surface area contributed by atoms with E-state index in [4.69, 9.17) is 0 Å². The van der Waals surface area contributed by atoms with Gasteiger partial charge in [0.15, 0.2) is 5.82 Å². The van der Waals surface area contributed by atoms with Crippen LogP contribution in [0.1, 0.15) is 62.6 Å². The smallest absolute Gasteiger partial charge is 0.152 e. The second-order valence-corrected chi connectivity index (χ2v) is 8.87. The fraction of sp³-hybridized carbons (Fsp3) is 0.600. The van der Waals surface area contributed by atoms with Gasteiger partial charge in [0.1, 0.15) is 5.82 Å². The molecule has 150 valence electrons. The predicted octanol–water partition coefficient (Wildman–Crippen LogP) is 2.46. The van der Waals surface area contributed by atoms with E-state index in [-0.39, 0.29) is 5.41 Å². The molecule has 0 amide bonds. The molecule has 0 aliphatic carbocycles. The largest absolute Gasteiger partial charge is 0.330 e. The fourth-order valence-electron chi connectivity index (χ4n) is 3.89. The maximum Gasteiger partial charge on any atom is 0.152 e. The predicted molar refractivity (Wildman–Crippen MR) is 107 cm³/mol. The first-order valence-electron chi connectivity index (χ1n) is 10.0. The van der Waals surface area contributed by atoms with E-state index in [1.165, 1.54) is 12.1 Å². The molecule has 1 N–H and O–H groups in total. The summed E-state index contributed by atoms with van der Waals surface area (Å²) in [4.78, 5) is 6.60. The van der Waals surface area contributed by atoms with Gasteiger partial charge in [0, 0.05) is 49.6 Å². The molecule has 1 atom stereocenters. The van der Waals surface area contributed by atoms with E-state index >= 15 is 0 Å². The van der Waals surface area contributed by atoms with Crippen LogP contribution in [-0.2, 0) is 25.6 Å². The molecule has 28 heavy (non-hydrogen) atoms. The summed E-state index contributed by atoms with van der Waals surface area (Å²) in [5.41, 5.74) is 2.38. The third-order valence-electron chi connectivity index (χ3n) is 5.55. The lowest BCUT2D eigenvalue weighted by molar-refractivity contribution is 0.193. The zero-order chi connectivity index (χ0) is 19.7. The molecule has 0 unspecified atom stereocenters. The van der Waals surface area contributed by atoms with Crippen molar-refractivity contribution >= 4 is 0 Å². The van der Waals surface area contributed by atoms with E-state index in [9.17, 15) is 0 Å². The second kappa shape index (κ2) is 7.50. The Labute approximate surface area is 166 Å². The number of hydrogen-bond donors (Lipinski definition) is 1. The number of rotatable bonds is 5. The highest BCUT2D eigenvalue weighted by Crippen LogP contribution is 2.27. The summed E-state index contributed by atoms with van der Waals surface area (Å²) in [7, 11) is 2.07. The first-order valence-corrected chi connectivity index (χ1v) is 10.0. The van der Waals surface area contributed by atoms with Crippen LogP contribution in [0.15, 0.2) is 24.8 Å². The number of nitrogens with zero attached hydrogens (tertiary/aromatic N) is 7. The Morgan fingerprint density at radius 1 is 1.21 bits per heavy atom. The van der Waals surface area contributed by atoms with Crippen molar-refractivity contribution in [2.24, 2.45) is 7.05 Å². The van der Waals surface area contributed by atoms with Crippen LogP contribution in [0.3, 0.4) is 0 Å². The summed E-state index contributed by atoms with van der Waals surface area (Å²) < 4.78 is 4.17. The second-order valence-electron chi connectivity index (χ2n) is 8.87. The molecule has 0 bridgehead atoms. The molecule has 0 spiro atoms. The van der Waals surface area contributed by atoms with Crippen LogP contribution in [-0.4, -0.2) is 52.5 Å². The molecule has 1 aliphatic heterocycles. The van der Waals surface area contributed by atoms with Crippen molar-refractivity contribution in [1.82, 2.24) is 39.4 Å². The zero-order valence-corrected chi connectivity index (χ0v) is 17.3. The van der Waals surface area contributed by atoms with Crippen molar-refractivity contribution in [3.8, 4) is 0 Å². The molecular formula is C20H30N8. The number of H-pyrrole nitrogens is 1. The van der Waals surface area contributed by atoms with Gasteiger partial charge in [-0.15, -0.1) is 10.2 Å². The molecule has 4 rings (SSSR count). The summed E-state index contributed by atoms with van der Waals surface area (Å²) in [6, 6.07) is 2.20. The normalized spacial score (nSPS) is 18.6. The van der Waals surface area contributed by atoms with Crippen molar-refractivity contribution in [2.75, 3.05) is 13.1 Å². The monoisotopic (exact) mass is 382 g/mol. The number of aromatic nitrogens is 7. The lowest BCUT2D eigenvalue weighted by Crippen LogP contribution is -2.35. The Bertz CT molecular complexity index is 899. The van der Waals surface area contributed by atoms with Crippen molar-refractivity contribution in [1.29, 1.82) is 0 Å². The fourth-order valence-corrected chi connectivity index (χ4v) is 3.89. The molecular weight excluding hydrogens is 352 g/mol. The minimum absolute atomic E-state index is 0.0729. The van der Waals surface area contributed by atoms with Crippen LogP contribution in [0.25, 0.3) is 0 Å². The van der Waals surface area contributed by atoms with E-state index in [1.807, 2.05) is 17.1 Å². The molecule has 0 radical (unpaired) electrons. The van der Waals surface area contributed by atoms with E-state index in [0.29, 0.717) is 12.5 Å². The third-order valence-corrected chi connectivity index (χ3v) is 5.55. The van der Waals surface area contributed by atoms with Crippen LogP contribution in [0.5, 0.6) is 0 Å². The molecule has 1 fully saturated rings. The van der Waals surface area contributed by atoms with Crippen molar-refractivity contribution in [3.63, 3.8) is 0 Å². The summed E-state index contributed by atoms with van der Waals surface area (Å²) in [6.45, 7) is 10.3. The topological polar surface area (TPSA) is 80.4 Å². The van der Waals surface area contributed by atoms with Crippen LogP contribution in [0.2, 0.25) is 0 Å². The minimum atomic E-state index is 0.0729. The van der Waals surface area contributed by atoms with Gasteiger partial charge in [-0.25, -0.2) is 4.98 Å². The highest BCUT2D eigenvalue weighted by atomic mass is 15.3. The lowest BCUT2D eigenvalue weighted by atomic mass is 9.92. The van der Waals surface area contributed by atoms with Gasteiger partial charge in [-0.1, -0.05) is 20.8 Å². The van der Waals surface area contributed by atoms with E-state index in [2.05, 4.69) is 68.7 Å². The SMILES string of the molecule is Cn1c(Cn2ccnc2)nnc1[C@H]1CCCN(Cc2cc(C(C)(C)C)n[nH]2)C1. The maximum atomic E-state index is 4.53. The van der Waals surface area contributed by atoms with E-state index in [0.717, 1.165) is 43.4 Å². The van der Waals surface area contributed by atoms with Crippen LogP contribution >= 0.6 is 0 Å². The molecule has 8 nitrogen and oxygen atoms in total. The molecule has 3 aromatic rings. The number of aromatic amines is 1. The maximum absolute atomic E-state index is 4.53. The lowest BCUT2D eigenvalue weighted by Gasteiger charge is -2.31. The first kappa shape index (κ1) is 18.9. The van der Waals surface area contributed by atoms with Crippen molar-refractivity contribution < 1.29 is 0 Å². The standard InChI is InChI=1S/C20H30N8/c1-20(2,3)17-10-16(22-23-17)12-27-8-5-6-15(11-27)19-25-24-18(26(19)4)13-28-9-7-21-14-28/h7,9-10,14-15H,5-6,8,11-13H2,1-4H3,(H,22,23)/t15-/m0/s1. The Morgan fingerprint density at radius 3 is 2.79 bits per heavy atom. The zero-order valence-electron chi connectivity index (χ0n) is 17.3. The van der Waals surface area contributed by atoms with E-state index in [1.54, 1.807) is 6.20 Å². The molecule has 1 aliphatic rings. The van der Waals surface area contributed by atoms with Crippen LogP contribution in [0, 0.1) is 0 Å². The molecule has 0 aromatic carbocycles. The highest BCUT2D eigenvalue weighted by molar-refractivity contribution is 5.16. The molecule has 3 aromatic heterocycles. The Balaban J connectivity index is 1.42. The molecule has 4 heterocycles. The van der Waals surface area contributed by atoms with Gasteiger partial charge in [0.25, 0.3) is 0 Å². The quantitative estimate of drug-likeness (QED) is 0.733. The summed E-state index contributed by atoms with van der Waals surface area (Å²) in [5.74, 6) is 2.46. The third kappa shape index (κ3) is 4.01. The number of imidazole rings is 1. The van der Waals surface area contributed by atoms with Crippen LogP contribution in [0.4, 0.5) is 0 Å².